The van der Waals surface area contributed by atoms with Gasteiger partial charge in [-0.1, -0.05) is 26.7 Å². The fourth-order valence-electron chi connectivity index (χ4n) is 8.36. The van der Waals surface area contributed by atoms with Gasteiger partial charge in [0, 0.05) is 5.41 Å². The third kappa shape index (κ3) is 1.58. The van der Waals surface area contributed by atoms with E-state index in [2.05, 4.69) is 13.8 Å². The van der Waals surface area contributed by atoms with E-state index >= 15 is 0 Å². The molecular weight excluding hydrogens is 284 g/mol. The predicted octanol–water partition coefficient (Wildman–Crippen LogP) is 4.76. The maximum atomic E-state index is 12.4. The van der Waals surface area contributed by atoms with Crippen LogP contribution in [-0.2, 0) is 9.53 Å². The summed E-state index contributed by atoms with van der Waals surface area (Å²) in [4.78, 5) is 12.4. The van der Waals surface area contributed by atoms with Gasteiger partial charge in [0.15, 0.2) is 11.4 Å². The zero-order chi connectivity index (χ0) is 16.0. The summed E-state index contributed by atoms with van der Waals surface area (Å²) in [5.74, 6) is 3.81. The first-order valence-corrected chi connectivity index (χ1v) is 10.1. The Labute approximate surface area is 140 Å². The van der Waals surface area contributed by atoms with Gasteiger partial charge >= 0.3 is 0 Å². The zero-order valence-corrected chi connectivity index (χ0v) is 15.1. The molecule has 23 heavy (non-hydrogen) atoms. The van der Waals surface area contributed by atoms with Crippen LogP contribution in [0, 0.1) is 34.5 Å². The van der Waals surface area contributed by atoms with Crippen LogP contribution in [0.15, 0.2) is 0 Å². The monoisotopic (exact) mass is 316 g/mol. The molecule has 2 nitrogen and oxygen atoms in total. The maximum absolute atomic E-state index is 12.4. The lowest BCUT2D eigenvalue weighted by molar-refractivity contribution is -0.146. The van der Waals surface area contributed by atoms with Crippen molar-refractivity contribution in [1.29, 1.82) is 0 Å². The first kappa shape index (κ1) is 14.9. The van der Waals surface area contributed by atoms with Crippen molar-refractivity contribution in [3.8, 4) is 0 Å². The molecule has 128 valence electrons. The molecule has 5 rings (SSSR count). The van der Waals surface area contributed by atoms with Crippen molar-refractivity contribution in [2.24, 2.45) is 34.5 Å². The van der Waals surface area contributed by atoms with E-state index in [0.29, 0.717) is 11.2 Å². The summed E-state index contributed by atoms with van der Waals surface area (Å²) >= 11 is 0. The molecule has 0 N–H and O–H groups in total. The van der Waals surface area contributed by atoms with Gasteiger partial charge in [0.05, 0.1) is 6.10 Å². The van der Waals surface area contributed by atoms with Crippen LogP contribution < -0.4 is 0 Å². The van der Waals surface area contributed by atoms with Gasteiger partial charge in [0.1, 0.15) is 0 Å². The van der Waals surface area contributed by atoms with Gasteiger partial charge in [-0.05, 0) is 81.0 Å². The van der Waals surface area contributed by atoms with Crippen LogP contribution in [0.2, 0.25) is 0 Å². The molecule has 0 radical (unpaired) electrons. The number of hydrogen-bond donors (Lipinski definition) is 0. The molecule has 1 aliphatic heterocycles. The normalized spacial score (nSPS) is 60.2. The lowest BCUT2D eigenvalue weighted by Gasteiger charge is -2.60. The average Bonchev–Trinajstić information content (AvgIpc) is 3.20. The van der Waals surface area contributed by atoms with E-state index in [9.17, 15) is 4.79 Å². The second-order valence-electron chi connectivity index (χ2n) is 9.99. The lowest BCUT2D eigenvalue weighted by Crippen LogP contribution is -2.55. The fraction of sp³-hybridized carbons (Fsp3) is 0.952. The molecular formula is C21H32O2. The van der Waals surface area contributed by atoms with Crippen molar-refractivity contribution in [3.05, 3.63) is 0 Å². The standard InChI is InChI=1S/C21H32O2/c1-13(22)21-18(23-21)12-17-15-8-7-14-6-4-5-10-19(14,2)16(15)9-11-20(17,21)3/h14-18H,4-12H2,1-3H3/t14-,15-,16+,17-,18-,19+,20-,21-/m1/s1. The molecule has 4 aliphatic carbocycles. The average molecular weight is 316 g/mol. The van der Waals surface area contributed by atoms with Crippen LogP contribution in [0.25, 0.3) is 0 Å². The molecule has 0 aromatic rings. The molecule has 8 atom stereocenters. The molecule has 0 spiro atoms. The highest BCUT2D eigenvalue weighted by Crippen LogP contribution is 2.73. The van der Waals surface area contributed by atoms with Crippen LogP contribution in [0.3, 0.4) is 0 Å². The Morgan fingerprint density at radius 1 is 1.00 bits per heavy atom. The molecule has 0 bridgehead atoms. The van der Waals surface area contributed by atoms with E-state index in [-0.39, 0.29) is 17.1 Å². The molecule has 0 unspecified atom stereocenters. The van der Waals surface area contributed by atoms with Crippen molar-refractivity contribution in [3.63, 3.8) is 0 Å². The number of carbonyl (C=O) groups is 1. The molecule has 5 aliphatic rings. The van der Waals surface area contributed by atoms with E-state index in [0.717, 1.165) is 30.1 Å². The fourth-order valence-corrected chi connectivity index (χ4v) is 8.36. The van der Waals surface area contributed by atoms with Crippen molar-refractivity contribution in [1.82, 2.24) is 0 Å². The van der Waals surface area contributed by atoms with Gasteiger partial charge in [0.2, 0.25) is 0 Å². The Kier molecular flexibility index (Phi) is 2.87. The third-order valence-electron chi connectivity index (χ3n) is 9.54. The van der Waals surface area contributed by atoms with Gasteiger partial charge in [-0.2, -0.15) is 0 Å². The Morgan fingerprint density at radius 3 is 2.61 bits per heavy atom. The number of ether oxygens (including phenoxy) is 1. The summed E-state index contributed by atoms with van der Waals surface area (Å²) in [6.07, 6.45) is 12.7. The first-order chi connectivity index (χ1) is 10.9. The van der Waals surface area contributed by atoms with Gasteiger partial charge in [-0.15, -0.1) is 0 Å². The second kappa shape index (κ2) is 4.42. The largest absolute Gasteiger partial charge is 0.357 e. The predicted molar refractivity (Wildman–Crippen MR) is 90.0 cm³/mol. The Hall–Kier alpha value is -0.370. The summed E-state index contributed by atoms with van der Waals surface area (Å²) < 4.78 is 6.04. The van der Waals surface area contributed by atoms with Crippen LogP contribution >= 0.6 is 0 Å². The van der Waals surface area contributed by atoms with Gasteiger partial charge in [-0.3, -0.25) is 4.79 Å². The number of ketones is 1. The molecule has 5 fully saturated rings. The number of fused-ring (bicyclic) bond motifs is 7. The summed E-state index contributed by atoms with van der Waals surface area (Å²) in [5.41, 5.74) is 0.342. The van der Waals surface area contributed by atoms with Gasteiger partial charge in [0.25, 0.3) is 0 Å². The SMILES string of the molecule is CC(=O)[C@@]12O[C@@H]1C[C@@H]1[C@@H]3CC[C@H]4CCCC[C@]4(C)[C@H]3CC[C@]12C. The summed E-state index contributed by atoms with van der Waals surface area (Å²) in [5, 5.41) is 0. The highest BCUT2D eigenvalue weighted by molar-refractivity contribution is 5.90. The molecule has 1 heterocycles. The number of epoxide rings is 1. The van der Waals surface area contributed by atoms with Gasteiger partial charge < -0.3 is 4.74 Å². The van der Waals surface area contributed by atoms with Crippen LogP contribution in [0.1, 0.15) is 78.6 Å². The smallest absolute Gasteiger partial charge is 0.164 e. The molecule has 0 amide bonds. The lowest BCUT2D eigenvalue weighted by atomic mass is 9.44. The maximum Gasteiger partial charge on any atom is 0.164 e. The van der Waals surface area contributed by atoms with Crippen LogP contribution in [0.4, 0.5) is 0 Å². The minimum absolute atomic E-state index is 0.128. The Balaban J connectivity index is 1.49. The Bertz CT molecular complexity index is 556. The van der Waals surface area contributed by atoms with Crippen molar-refractivity contribution >= 4 is 5.78 Å². The van der Waals surface area contributed by atoms with E-state index in [1.54, 1.807) is 6.92 Å². The first-order valence-electron chi connectivity index (χ1n) is 10.1. The summed E-state index contributed by atoms with van der Waals surface area (Å²) in [6, 6.07) is 0. The zero-order valence-electron chi connectivity index (χ0n) is 15.1. The molecule has 4 saturated carbocycles. The molecule has 0 aromatic carbocycles. The number of rotatable bonds is 1. The highest BCUT2D eigenvalue weighted by atomic mass is 16.6. The van der Waals surface area contributed by atoms with Crippen LogP contribution in [0.5, 0.6) is 0 Å². The summed E-state index contributed by atoms with van der Waals surface area (Å²) in [7, 11) is 0. The third-order valence-corrected chi connectivity index (χ3v) is 9.54. The topological polar surface area (TPSA) is 29.6 Å². The van der Waals surface area contributed by atoms with Crippen molar-refractivity contribution in [2.75, 3.05) is 0 Å². The van der Waals surface area contributed by atoms with E-state index in [4.69, 9.17) is 4.74 Å². The molecule has 0 aromatic heterocycles. The number of hydrogen-bond acceptors (Lipinski definition) is 2. The van der Waals surface area contributed by atoms with Crippen molar-refractivity contribution in [2.45, 2.75) is 90.3 Å². The van der Waals surface area contributed by atoms with E-state index < -0.39 is 0 Å². The molecule has 2 heteroatoms. The van der Waals surface area contributed by atoms with E-state index in [1.165, 1.54) is 51.4 Å². The quantitative estimate of drug-likeness (QED) is 0.653. The van der Waals surface area contributed by atoms with Crippen LogP contribution in [-0.4, -0.2) is 17.5 Å². The number of carbonyl (C=O) groups excluding carboxylic acids is 1. The molecule has 1 saturated heterocycles. The highest BCUT2D eigenvalue weighted by Gasteiger charge is 2.79. The van der Waals surface area contributed by atoms with Gasteiger partial charge in [-0.25, -0.2) is 0 Å². The Morgan fingerprint density at radius 2 is 1.83 bits per heavy atom. The van der Waals surface area contributed by atoms with Crippen molar-refractivity contribution < 1.29 is 9.53 Å². The minimum Gasteiger partial charge on any atom is -0.357 e. The summed E-state index contributed by atoms with van der Waals surface area (Å²) in [6.45, 7) is 6.81. The minimum atomic E-state index is -0.382. The number of Topliss-reactive ketones (excluding diaryl/α,β-unsaturated/α-hetero) is 1. The van der Waals surface area contributed by atoms with E-state index in [1.807, 2.05) is 0 Å². The second-order valence-corrected chi connectivity index (χ2v) is 9.99.